The Morgan fingerprint density at radius 3 is 2.48 bits per heavy atom. The monoisotopic (exact) mass is 433 g/mol. The number of rotatable bonds is 8. The normalized spacial score (nSPS) is 10.9. The molecule has 0 spiro atoms. The number of tetrazole rings is 1. The molecule has 2 heterocycles. The highest BCUT2D eigenvalue weighted by atomic mass is 32.2. The lowest BCUT2D eigenvalue weighted by atomic mass is 10.2. The van der Waals surface area contributed by atoms with Crippen molar-refractivity contribution in [3.05, 3.63) is 77.6 Å². The van der Waals surface area contributed by atoms with Gasteiger partial charge in [0.25, 0.3) is 0 Å². The third-order valence-corrected chi connectivity index (χ3v) is 5.83. The lowest BCUT2D eigenvalue weighted by Crippen LogP contribution is -2.07. The van der Waals surface area contributed by atoms with Gasteiger partial charge in [0.15, 0.2) is 5.78 Å². The van der Waals surface area contributed by atoms with E-state index in [2.05, 4.69) is 20.1 Å². The molecule has 0 radical (unpaired) electrons. The van der Waals surface area contributed by atoms with Crippen molar-refractivity contribution in [1.82, 2.24) is 24.8 Å². The highest BCUT2D eigenvalue weighted by Crippen LogP contribution is 2.25. The fraction of sp³-hybridized carbons (Fsp3) is 0.217. The summed E-state index contributed by atoms with van der Waals surface area (Å²) < 4.78 is 9.25. The summed E-state index contributed by atoms with van der Waals surface area (Å²) in [4.78, 5) is 13.0. The van der Waals surface area contributed by atoms with Gasteiger partial charge in [-0.05, 0) is 73.7 Å². The van der Waals surface area contributed by atoms with Crippen LogP contribution in [0, 0.1) is 13.8 Å². The Morgan fingerprint density at radius 1 is 1.03 bits per heavy atom. The van der Waals surface area contributed by atoms with Gasteiger partial charge in [0.1, 0.15) is 5.75 Å². The molecule has 0 saturated heterocycles. The molecule has 0 atom stereocenters. The number of para-hydroxylation sites is 1. The molecule has 4 aromatic rings. The van der Waals surface area contributed by atoms with Crippen LogP contribution < -0.4 is 4.74 Å². The molecule has 8 heteroatoms. The van der Waals surface area contributed by atoms with Gasteiger partial charge < -0.3 is 9.30 Å². The summed E-state index contributed by atoms with van der Waals surface area (Å²) in [6, 6.07) is 19.5. The quantitative estimate of drug-likeness (QED) is 0.302. The minimum atomic E-state index is 0.0397. The SMILES string of the molecule is CCOc1ccc(-n2c(C)cc(C(=O)CSc3nnnn3-c3ccccc3)c2C)cc1. The van der Waals surface area contributed by atoms with Crippen LogP contribution in [0.15, 0.2) is 65.8 Å². The Kier molecular flexibility index (Phi) is 6.18. The number of aryl methyl sites for hydroxylation is 1. The van der Waals surface area contributed by atoms with Crippen molar-refractivity contribution >= 4 is 17.5 Å². The number of thioether (sulfide) groups is 1. The minimum Gasteiger partial charge on any atom is -0.494 e. The lowest BCUT2D eigenvalue weighted by Gasteiger charge is -2.11. The molecule has 0 N–H and O–H groups in total. The number of ketones is 1. The number of benzene rings is 2. The zero-order valence-corrected chi connectivity index (χ0v) is 18.5. The molecule has 2 aromatic carbocycles. The van der Waals surface area contributed by atoms with Crippen LogP contribution >= 0.6 is 11.8 Å². The smallest absolute Gasteiger partial charge is 0.214 e. The van der Waals surface area contributed by atoms with E-state index >= 15 is 0 Å². The third kappa shape index (κ3) is 4.39. The maximum atomic E-state index is 13.0. The zero-order chi connectivity index (χ0) is 21.8. The summed E-state index contributed by atoms with van der Waals surface area (Å²) in [6.07, 6.45) is 0. The Labute approximate surface area is 185 Å². The Morgan fingerprint density at radius 2 is 1.77 bits per heavy atom. The van der Waals surface area contributed by atoms with Crippen LogP contribution in [-0.4, -0.2) is 42.9 Å². The van der Waals surface area contributed by atoms with E-state index in [0.29, 0.717) is 17.3 Å². The second kappa shape index (κ2) is 9.18. The minimum absolute atomic E-state index is 0.0397. The maximum absolute atomic E-state index is 13.0. The zero-order valence-electron chi connectivity index (χ0n) is 17.6. The molecule has 31 heavy (non-hydrogen) atoms. The van der Waals surface area contributed by atoms with Gasteiger partial charge in [0.05, 0.1) is 18.0 Å². The largest absolute Gasteiger partial charge is 0.494 e. The van der Waals surface area contributed by atoms with E-state index in [4.69, 9.17) is 4.74 Å². The van der Waals surface area contributed by atoms with Crippen LogP contribution in [-0.2, 0) is 0 Å². The molecule has 2 aromatic heterocycles. The average Bonchev–Trinajstić information content (AvgIpc) is 3.37. The van der Waals surface area contributed by atoms with Crippen LogP contribution in [0.1, 0.15) is 28.7 Å². The van der Waals surface area contributed by atoms with Gasteiger partial charge in [-0.25, -0.2) is 0 Å². The second-order valence-electron chi connectivity index (χ2n) is 6.97. The Bertz CT molecular complexity index is 1180. The first-order chi connectivity index (χ1) is 15.1. The molecule has 7 nitrogen and oxygen atoms in total. The van der Waals surface area contributed by atoms with Gasteiger partial charge in [0, 0.05) is 22.6 Å². The summed E-state index contributed by atoms with van der Waals surface area (Å²) in [5.41, 5.74) is 4.48. The van der Waals surface area contributed by atoms with E-state index in [1.54, 1.807) is 4.68 Å². The number of ether oxygens (including phenoxy) is 1. The lowest BCUT2D eigenvalue weighted by molar-refractivity contribution is 0.102. The highest BCUT2D eigenvalue weighted by Gasteiger charge is 2.18. The number of Topliss-reactive ketones (excluding diaryl/α,β-unsaturated/α-hetero) is 1. The van der Waals surface area contributed by atoms with E-state index in [-0.39, 0.29) is 11.5 Å². The summed E-state index contributed by atoms with van der Waals surface area (Å²) in [5.74, 6) is 1.12. The number of carbonyl (C=O) groups excluding carboxylic acids is 1. The summed E-state index contributed by atoms with van der Waals surface area (Å²) in [6.45, 7) is 6.56. The molecule has 0 aliphatic carbocycles. The van der Waals surface area contributed by atoms with Crippen molar-refractivity contribution in [2.45, 2.75) is 25.9 Å². The van der Waals surface area contributed by atoms with Gasteiger partial charge >= 0.3 is 0 Å². The predicted molar refractivity (Wildman–Crippen MR) is 121 cm³/mol. The number of nitrogens with zero attached hydrogens (tertiary/aromatic N) is 5. The van der Waals surface area contributed by atoms with Crippen molar-refractivity contribution in [1.29, 1.82) is 0 Å². The number of carbonyl (C=O) groups is 1. The first-order valence-corrected chi connectivity index (χ1v) is 11.0. The second-order valence-corrected chi connectivity index (χ2v) is 7.91. The fourth-order valence-corrected chi connectivity index (χ4v) is 4.28. The van der Waals surface area contributed by atoms with Gasteiger partial charge in [-0.2, -0.15) is 4.68 Å². The third-order valence-electron chi connectivity index (χ3n) is 4.91. The first kappa shape index (κ1) is 20.9. The van der Waals surface area contributed by atoms with Crippen molar-refractivity contribution in [2.75, 3.05) is 12.4 Å². The van der Waals surface area contributed by atoms with Gasteiger partial charge in [-0.15, -0.1) is 5.10 Å². The Balaban J connectivity index is 1.52. The molecule has 0 bridgehead atoms. The standard InChI is InChI=1S/C23H23N5O2S/c1-4-30-20-12-10-18(11-13-20)27-16(2)14-21(17(27)3)22(29)15-31-23-24-25-26-28(23)19-8-6-5-7-9-19/h5-14H,4,15H2,1-3H3. The molecule has 0 aliphatic rings. The highest BCUT2D eigenvalue weighted by molar-refractivity contribution is 7.99. The van der Waals surface area contributed by atoms with Gasteiger partial charge in [0.2, 0.25) is 5.16 Å². The molecular weight excluding hydrogens is 410 g/mol. The summed E-state index contributed by atoms with van der Waals surface area (Å²) in [7, 11) is 0. The van der Waals surface area contributed by atoms with Crippen LogP contribution in [0.5, 0.6) is 5.75 Å². The van der Waals surface area contributed by atoms with Crippen molar-refractivity contribution in [3.63, 3.8) is 0 Å². The van der Waals surface area contributed by atoms with Crippen LogP contribution in [0.2, 0.25) is 0 Å². The number of hydrogen-bond donors (Lipinski definition) is 0. The van der Waals surface area contributed by atoms with Crippen molar-refractivity contribution < 1.29 is 9.53 Å². The van der Waals surface area contributed by atoms with E-state index in [1.165, 1.54) is 11.8 Å². The molecule has 0 unspecified atom stereocenters. The molecule has 0 fully saturated rings. The predicted octanol–water partition coefficient (Wildman–Crippen LogP) is 4.44. The van der Waals surface area contributed by atoms with Crippen LogP contribution in [0.4, 0.5) is 0 Å². The first-order valence-electron chi connectivity index (χ1n) is 10.0. The summed E-state index contributed by atoms with van der Waals surface area (Å²) >= 11 is 1.33. The van der Waals surface area contributed by atoms with E-state index in [1.807, 2.05) is 81.4 Å². The number of hydrogen-bond acceptors (Lipinski definition) is 6. The molecule has 0 saturated carbocycles. The van der Waals surface area contributed by atoms with Crippen molar-refractivity contribution in [3.8, 4) is 17.1 Å². The van der Waals surface area contributed by atoms with Crippen molar-refractivity contribution in [2.24, 2.45) is 0 Å². The van der Waals surface area contributed by atoms with Crippen LogP contribution in [0.25, 0.3) is 11.4 Å². The molecule has 158 valence electrons. The van der Waals surface area contributed by atoms with Crippen LogP contribution in [0.3, 0.4) is 0 Å². The average molecular weight is 434 g/mol. The topological polar surface area (TPSA) is 74.8 Å². The van der Waals surface area contributed by atoms with E-state index < -0.39 is 0 Å². The molecule has 0 amide bonds. The van der Waals surface area contributed by atoms with E-state index in [0.717, 1.165) is 28.5 Å². The van der Waals surface area contributed by atoms with Gasteiger partial charge in [-0.3, -0.25) is 4.79 Å². The van der Waals surface area contributed by atoms with Gasteiger partial charge in [-0.1, -0.05) is 30.0 Å². The maximum Gasteiger partial charge on any atom is 0.214 e. The number of aromatic nitrogens is 5. The van der Waals surface area contributed by atoms with E-state index in [9.17, 15) is 4.79 Å². The molecular formula is C23H23N5O2S. The molecule has 4 rings (SSSR count). The summed E-state index contributed by atoms with van der Waals surface area (Å²) in [5, 5.41) is 12.5. The molecule has 0 aliphatic heterocycles. The fourth-order valence-electron chi connectivity index (χ4n) is 3.51. The Hall–Kier alpha value is -3.39.